The van der Waals surface area contributed by atoms with Crippen LogP contribution in [0.25, 0.3) is 22.2 Å². The molecule has 0 aliphatic rings. The van der Waals surface area contributed by atoms with Gasteiger partial charge in [0, 0.05) is 30.1 Å². The van der Waals surface area contributed by atoms with E-state index in [9.17, 15) is 9.50 Å². The highest BCUT2D eigenvalue weighted by Gasteiger charge is 2.12. The Labute approximate surface area is 179 Å². The summed E-state index contributed by atoms with van der Waals surface area (Å²) in [5.41, 5.74) is 2.98. The predicted molar refractivity (Wildman–Crippen MR) is 116 cm³/mol. The highest BCUT2D eigenvalue weighted by Crippen LogP contribution is 2.29. The molecule has 0 radical (unpaired) electrons. The molecule has 6 nitrogen and oxygen atoms in total. The number of rotatable bonds is 9. The smallest absolute Gasteiger partial charge is 0.170 e. The number of aliphatic hydroxyl groups excluding tert-OH is 1. The lowest BCUT2D eigenvalue weighted by Crippen LogP contribution is -2.31. The van der Waals surface area contributed by atoms with Gasteiger partial charge in [-0.1, -0.05) is 17.3 Å². The van der Waals surface area contributed by atoms with Crippen LogP contribution in [0.3, 0.4) is 0 Å². The van der Waals surface area contributed by atoms with E-state index >= 15 is 0 Å². The number of nitrogens with one attached hydrogen (secondary N) is 1. The summed E-state index contributed by atoms with van der Waals surface area (Å²) in [6.07, 6.45) is -0.646. The Morgan fingerprint density at radius 1 is 1.03 bits per heavy atom. The molecule has 160 valence electrons. The minimum absolute atomic E-state index is 0.168. The highest BCUT2D eigenvalue weighted by atomic mass is 19.1. The van der Waals surface area contributed by atoms with Crippen molar-refractivity contribution in [1.29, 1.82) is 0 Å². The van der Waals surface area contributed by atoms with Crippen molar-refractivity contribution in [2.45, 2.75) is 12.6 Å². The van der Waals surface area contributed by atoms with E-state index in [0.717, 1.165) is 22.3 Å². The van der Waals surface area contributed by atoms with Gasteiger partial charge in [0.15, 0.2) is 5.58 Å². The first-order chi connectivity index (χ1) is 15.1. The maximum absolute atomic E-state index is 13.3. The summed E-state index contributed by atoms with van der Waals surface area (Å²) in [6, 6.07) is 19.4. The molecule has 3 aromatic carbocycles. The van der Waals surface area contributed by atoms with Crippen molar-refractivity contribution in [2.75, 3.05) is 20.3 Å². The fraction of sp³-hybridized carbons (Fsp3) is 0.208. The molecule has 0 unspecified atom stereocenters. The summed E-state index contributed by atoms with van der Waals surface area (Å²) in [4.78, 5) is 0. The second-order valence-electron chi connectivity index (χ2n) is 7.14. The molecule has 1 heterocycles. The number of hydrogen-bond donors (Lipinski definition) is 2. The van der Waals surface area contributed by atoms with Crippen LogP contribution in [0.4, 0.5) is 4.39 Å². The van der Waals surface area contributed by atoms with Crippen LogP contribution in [0, 0.1) is 5.82 Å². The zero-order valence-corrected chi connectivity index (χ0v) is 17.0. The molecule has 1 atom stereocenters. The van der Waals surface area contributed by atoms with Crippen LogP contribution in [-0.2, 0) is 6.54 Å². The van der Waals surface area contributed by atoms with Gasteiger partial charge in [-0.2, -0.15) is 0 Å². The van der Waals surface area contributed by atoms with Crippen molar-refractivity contribution < 1.29 is 23.5 Å². The lowest BCUT2D eigenvalue weighted by molar-refractivity contribution is 0.106. The van der Waals surface area contributed by atoms with Crippen molar-refractivity contribution >= 4 is 11.0 Å². The second kappa shape index (κ2) is 9.59. The molecule has 0 bridgehead atoms. The molecular formula is C24H23FN2O4. The van der Waals surface area contributed by atoms with E-state index in [2.05, 4.69) is 10.5 Å². The van der Waals surface area contributed by atoms with Crippen molar-refractivity contribution in [3.05, 3.63) is 78.1 Å². The van der Waals surface area contributed by atoms with Gasteiger partial charge in [0.05, 0.1) is 7.11 Å². The number of ether oxygens (including phenoxy) is 2. The summed E-state index contributed by atoms with van der Waals surface area (Å²) < 4.78 is 29.3. The number of hydrogen-bond acceptors (Lipinski definition) is 6. The molecule has 31 heavy (non-hydrogen) atoms. The van der Waals surface area contributed by atoms with E-state index in [1.54, 1.807) is 25.3 Å². The largest absolute Gasteiger partial charge is 0.497 e. The van der Waals surface area contributed by atoms with Gasteiger partial charge in [0.25, 0.3) is 0 Å². The van der Waals surface area contributed by atoms with E-state index < -0.39 is 6.10 Å². The maximum Gasteiger partial charge on any atom is 0.170 e. The lowest BCUT2D eigenvalue weighted by Gasteiger charge is -2.13. The summed E-state index contributed by atoms with van der Waals surface area (Å²) in [6.45, 7) is 1.22. The van der Waals surface area contributed by atoms with E-state index in [-0.39, 0.29) is 12.4 Å². The Hall–Kier alpha value is -3.42. The Kier molecular flexibility index (Phi) is 6.45. The number of methoxy groups -OCH3 is 1. The third-order valence-corrected chi connectivity index (χ3v) is 4.87. The lowest BCUT2D eigenvalue weighted by atomic mass is 10.1. The molecule has 4 rings (SSSR count). The number of halogens is 1. The first kappa shape index (κ1) is 20.8. The van der Waals surface area contributed by atoms with E-state index in [0.29, 0.717) is 30.1 Å². The van der Waals surface area contributed by atoms with Gasteiger partial charge in [-0.3, -0.25) is 0 Å². The monoisotopic (exact) mass is 422 g/mol. The predicted octanol–water partition coefficient (Wildman–Crippen LogP) is 4.17. The van der Waals surface area contributed by atoms with Gasteiger partial charge in [-0.15, -0.1) is 0 Å². The fourth-order valence-corrected chi connectivity index (χ4v) is 3.21. The number of aliphatic hydroxyl groups is 1. The zero-order chi connectivity index (χ0) is 21.6. The molecule has 2 N–H and O–H groups in total. The summed E-state index contributed by atoms with van der Waals surface area (Å²) in [5.74, 6) is 1.08. The summed E-state index contributed by atoms with van der Waals surface area (Å²) in [7, 11) is 1.63. The van der Waals surface area contributed by atoms with Crippen molar-refractivity contribution in [3.8, 4) is 22.8 Å². The van der Waals surface area contributed by atoms with E-state index in [4.69, 9.17) is 14.0 Å². The molecule has 1 aromatic heterocycles. The summed E-state index contributed by atoms with van der Waals surface area (Å²) in [5, 5.41) is 18.1. The van der Waals surface area contributed by atoms with E-state index in [1.165, 1.54) is 12.1 Å². The minimum atomic E-state index is -0.646. The van der Waals surface area contributed by atoms with Crippen molar-refractivity contribution in [1.82, 2.24) is 10.5 Å². The standard InChI is InChI=1S/C24H23FN2O4/c1-29-20-7-2-16(3-8-20)13-26-14-19(28)15-30-21-9-4-17(5-10-21)24-22-11-6-18(25)12-23(22)31-27-24/h2-12,19,26,28H,13-15H2,1H3/t19-/m1/s1. The fourth-order valence-electron chi connectivity index (χ4n) is 3.21. The topological polar surface area (TPSA) is 76.8 Å². The molecule has 7 heteroatoms. The number of aromatic nitrogens is 1. The molecule has 4 aromatic rings. The van der Waals surface area contributed by atoms with Crippen molar-refractivity contribution in [2.24, 2.45) is 0 Å². The number of nitrogens with zero attached hydrogens (tertiary/aromatic N) is 1. The zero-order valence-electron chi connectivity index (χ0n) is 17.0. The molecule has 0 aliphatic heterocycles. The normalized spacial score (nSPS) is 12.1. The van der Waals surface area contributed by atoms with Gasteiger partial charge in [-0.25, -0.2) is 4.39 Å². The van der Waals surface area contributed by atoms with Crippen LogP contribution in [-0.4, -0.2) is 36.6 Å². The average molecular weight is 422 g/mol. The van der Waals surface area contributed by atoms with Gasteiger partial charge in [-0.05, 0) is 54.1 Å². The van der Waals surface area contributed by atoms with Crippen LogP contribution < -0.4 is 14.8 Å². The highest BCUT2D eigenvalue weighted by molar-refractivity contribution is 5.91. The SMILES string of the molecule is COc1ccc(CNC[C@@H](O)COc2ccc(-c3noc4cc(F)ccc34)cc2)cc1. The van der Waals surface area contributed by atoms with Gasteiger partial charge in [0.1, 0.15) is 35.7 Å². The Morgan fingerprint density at radius 3 is 2.52 bits per heavy atom. The second-order valence-corrected chi connectivity index (χ2v) is 7.14. The Balaban J connectivity index is 1.26. The Morgan fingerprint density at radius 2 is 1.77 bits per heavy atom. The van der Waals surface area contributed by atoms with Crippen LogP contribution >= 0.6 is 0 Å². The maximum atomic E-state index is 13.3. The van der Waals surface area contributed by atoms with Gasteiger partial charge >= 0.3 is 0 Å². The van der Waals surface area contributed by atoms with Gasteiger partial charge < -0.3 is 24.4 Å². The third kappa shape index (κ3) is 5.20. The molecule has 0 aliphatic carbocycles. The summed E-state index contributed by atoms with van der Waals surface area (Å²) >= 11 is 0. The molecular weight excluding hydrogens is 399 g/mol. The van der Waals surface area contributed by atoms with E-state index in [1.807, 2.05) is 36.4 Å². The van der Waals surface area contributed by atoms with Crippen molar-refractivity contribution in [3.63, 3.8) is 0 Å². The van der Waals surface area contributed by atoms with Crippen LogP contribution in [0.5, 0.6) is 11.5 Å². The molecule has 0 saturated carbocycles. The minimum Gasteiger partial charge on any atom is -0.497 e. The molecule has 0 spiro atoms. The first-order valence-corrected chi connectivity index (χ1v) is 9.92. The Bertz CT molecular complexity index is 1130. The quantitative estimate of drug-likeness (QED) is 0.422. The van der Waals surface area contributed by atoms with Crippen LogP contribution in [0.15, 0.2) is 71.3 Å². The molecule has 0 saturated heterocycles. The molecule has 0 fully saturated rings. The van der Waals surface area contributed by atoms with Crippen LogP contribution in [0.2, 0.25) is 0 Å². The third-order valence-electron chi connectivity index (χ3n) is 4.87. The average Bonchev–Trinajstić information content (AvgIpc) is 3.21. The number of fused-ring (bicyclic) bond motifs is 1. The van der Waals surface area contributed by atoms with Crippen LogP contribution in [0.1, 0.15) is 5.56 Å². The van der Waals surface area contributed by atoms with Gasteiger partial charge in [0.2, 0.25) is 0 Å². The number of benzene rings is 3. The first-order valence-electron chi connectivity index (χ1n) is 9.92. The molecule has 0 amide bonds.